The molecule has 0 aliphatic rings. The van der Waals surface area contributed by atoms with E-state index in [-0.39, 0.29) is 36.3 Å². The summed E-state index contributed by atoms with van der Waals surface area (Å²) in [6, 6.07) is 14.4. The summed E-state index contributed by atoms with van der Waals surface area (Å²) in [6.07, 6.45) is -4.97. The van der Waals surface area contributed by atoms with Gasteiger partial charge in [-0.3, -0.25) is 4.72 Å². The minimum Gasteiger partial charge on any atom is -0.406 e. The molecule has 206 valence electrons. The summed E-state index contributed by atoms with van der Waals surface area (Å²) < 4.78 is 98.2. The van der Waals surface area contributed by atoms with Gasteiger partial charge in [0.05, 0.1) is 32.0 Å². The lowest BCUT2D eigenvalue weighted by Gasteiger charge is -2.27. The van der Waals surface area contributed by atoms with E-state index in [4.69, 9.17) is 34.8 Å². The molecule has 1 heterocycles. The van der Waals surface area contributed by atoms with Crippen molar-refractivity contribution in [2.45, 2.75) is 15.5 Å². The van der Waals surface area contributed by atoms with Gasteiger partial charge in [-0.05, 0) is 66.0 Å². The summed E-state index contributed by atoms with van der Waals surface area (Å²) in [4.78, 5) is -0.440. The maximum atomic E-state index is 13.8. The van der Waals surface area contributed by atoms with Gasteiger partial charge in [-0.25, -0.2) is 12.7 Å². The van der Waals surface area contributed by atoms with Gasteiger partial charge in [-0.2, -0.15) is 8.42 Å². The second-order valence-corrected chi connectivity index (χ2v) is 13.5. The summed E-state index contributed by atoms with van der Waals surface area (Å²) in [7, 11) is -8.82. The molecule has 0 aliphatic carbocycles. The van der Waals surface area contributed by atoms with Crippen LogP contribution in [0.4, 0.5) is 30.2 Å². The maximum Gasteiger partial charge on any atom is 0.573 e. The van der Waals surface area contributed by atoms with Crippen molar-refractivity contribution in [2.75, 3.05) is 9.03 Å². The van der Waals surface area contributed by atoms with E-state index in [0.717, 1.165) is 52.0 Å². The lowest BCUT2D eigenvalue weighted by molar-refractivity contribution is -0.274. The Hall–Kier alpha value is -2.68. The van der Waals surface area contributed by atoms with E-state index in [9.17, 15) is 30.0 Å². The van der Waals surface area contributed by atoms with E-state index in [1.807, 2.05) is 0 Å². The molecular formula is C23H14Cl3F3N2O5S3. The lowest BCUT2D eigenvalue weighted by Crippen LogP contribution is -2.27. The molecule has 0 saturated heterocycles. The summed E-state index contributed by atoms with van der Waals surface area (Å²) in [5, 5.41) is 1.55. The molecule has 4 aromatic rings. The Balaban J connectivity index is 1.85. The van der Waals surface area contributed by atoms with Crippen LogP contribution in [0, 0.1) is 0 Å². The van der Waals surface area contributed by atoms with Crippen LogP contribution in [-0.2, 0) is 20.0 Å². The lowest BCUT2D eigenvalue weighted by atomic mass is 10.2. The van der Waals surface area contributed by atoms with Crippen LogP contribution in [0.1, 0.15) is 0 Å². The smallest absolute Gasteiger partial charge is 0.406 e. The van der Waals surface area contributed by atoms with Gasteiger partial charge in [0, 0.05) is 5.02 Å². The molecule has 1 N–H and O–H groups in total. The van der Waals surface area contributed by atoms with Gasteiger partial charge in [0.1, 0.15) is 9.96 Å². The highest BCUT2D eigenvalue weighted by Crippen LogP contribution is 2.43. The largest absolute Gasteiger partial charge is 0.573 e. The van der Waals surface area contributed by atoms with Crippen molar-refractivity contribution < 1.29 is 34.7 Å². The number of nitrogens with zero attached hydrogens (tertiary/aromatic N) is 1. The molecule has 7 nitrogen and oxygen atoms in total. The molecule has 0 fully saturated rings. The Morgan fingerprint density at radius 2 is 1.51 bits per heavy atom. The average molecular weight is 658 g/mol. The predicted octanol–water partition coefficient (Wildman–Crippen LogP) is 7.93. The summed E-state index contributed by atoms with van der Waals surface area (Å²) in [5.41, 5.74) is -0.454. The minimum atomic E-state index is -4.97. The van der Waals surface area contributed by atoms with Gasteiger partial charge in [-0.1, -0.05) is 46.9 Å². The number of nitrogens with one attached hydrogen (secondary N) is 1. The Morgan fingerprint density at radius 3 is 2.10 bits per heavy atom. The molecule has 1 aromatic heterocycles. The third-order valence-corrected chi connectivity index (χ3v) is 10.4. The topological polar surface area (TPSA) is 92.8 Å². The third-order valence-electron chi connectivity index (χ3n) is 4.90. The highest BCUT2D eigenvalue weighted by molar-refractivity contribution is 7.95. The van der Waals surface area contributed by atoms with Crippen LogP contribution in [0.5, 0.6) is 5.75 Å². The van der Waals surface area contributed by atoms with Crippen LogP contribution in [0.3, 0.4) is 0 Å². The van der Waals surface area contributed by atoms with Crippen molar-refractivity contribution in [2.24, 2.45) is 0 Å². The first-order chi connectivity index (χ1) is 18.2. The highest BCUT2D eigenvalue weighted by atomic mass is 35.5. The van der Waals surface area contributed by atoms with E-state index >= 15 is 0 Å². The Kier molecular flexibility index (Phi) is 8.31. The normalized spacial score (nSPS) is 12.3. The molecule has 0 amide bonds. The highest BCUT2D eigenvalue weighted by Gasteiger charge is 2.33. The summed E-state index contributed by atoms with van der Waals surface area (Å²) in [5.74, 6) is -0.633. The van der Waals surface area contributed by atoms with Crippen LogP contribution < -0.4 is 13.8 Å². The SMILES string of the molecule is O=S(=O)(Nc1cc(Cl)c(Cl)cc1N(c1cccc(Cl)c1)S(=O)(=O)c1cccs1)c1ccc(OC(F)(F)F)cc1. The summed E-state index contributed by atoms with van der Waals surface area (Å²) in [6.45, 7) is 0. The molecule has 3 aromatic carbocycles. The molecule has 0 aliphatic heterocycles. The first kappa shape index (κ1) is 29.3. The van der Waals surface area contributed by atoms with Crippen molar-refractivity contribution in [1.82, 2.24) is 0 Å². The number of hydrogen-bond donors (Lipinski definition) is 1. The second-order valence-electron chi connectivity index (χ2n) is 7.59. The number of alkyl halides is 3. The van der Waals surface area contributed by atoms with Gasteiger partial charge < -0.3 is 4.74 Å². The Morgan fingerprint density at radius 1 is 0.846 bits per heavy atom. The minimum absolute atomic E-state index is 0.0587. The second kappa shape index (κ2) is 11.1. The van der Waals surface area contributed by atoms with E-state index in [2.05, 4.69) is 9.46 Å². The van der Waals surface area contributed by atoms with E-state index < -0.39 is 37.1 Å². The first-order valence-corrected chi connectivity index (χ1v) is 15.3. The zero-order chi connectivity index (χ0) is 28.6. The number of benzene rings is 3. The number of sulfonamides is 2. The Labute approximate surface area is 240 Å². The van der Waals surface area contributed by atoms with Gasteiger partial charge >= 0.3 is 6.36 Å². The van der Waals surface area contributed by atoms with Gasteiger partial charge in [-0.15, -0.1) is 24.5 Å². The monoisotopic (exact) mass is 656 g/mol. The third kappa shape index (κ3) is 6.73. The summed E-state index contributed by atoms with van der Waals surface area (Å²) >= 11 is 19.4. The first-order valence-electron chi connectivity index (χ1n) is 10.4. The van der Waals surface area contributed by atoms with Crippen molar-refractivity contribution in [3.8, 4) is 5.75 Å². The fourth-order valence-corrected chi connectivity index (χ4v) is 7.45. The molecule has 0 bridgehead atoms. The van der Waals surface area contributed by atoms with E-state index in [0.29, 0.717) is 0 Å². The van der Waals surface area contributed by atoms with Crippen LogP contribution in [0.25, 0.3) is 0 Å². The maximum absolute atomic E-state index is 13.8. The Bertz CT molecular complexity index is 1720. The number of halogens is 6. The molecule has 16 heteroatoms. The van der Waals surface area contributed by atoms with Crippen LogP contribution in [-0.4, -0.2) is 23.2 Å². The molecule has 39 heavy (non-hydrogen) atoms. The fourth-order valence-electron chi connectivity index (χ4n) is 3.32. The van der Waals surface area contributed by atoms with Crippen LogP contribution >= 0.6 is 46.1 Å². The number of ether oxygens (including phenoxy) is 1. The predicted molar refractivity (Wildman–Crippen MR) is 145 cm³/mol. The standard InChI is InChI=1S/C23H14Cl3F3N2O5S3/c24-14-3-1-4-15(11-14)31(39(34,35)22-5-2-10-37-22)21-13-19(26)18(25)12-20(21)30-38(32,33)17-8-6-16(7-9-17)36-23(27,28)29/h1-13,30H. The van der Waals surface area contributed by atoms with Gasteiger partial charge in [0.2, 0.25) is 0 Å². The molecule has 0 saturated carbocycles. The van der Waals surface area contributed by atoms with Crippen LogP contribution in [0.2, 0.25) is 15.1 Å². The van der Waals surface area contributed by atoms with Gasteiger partial charge in [0.25, 0.3) is 20.0 Å². The number of hydrogen-bond acceptors (Lipinski definition) is 6. The van der Waals surface area contributed by atoms with E-state index in [1.54, 1.807) is 5.38 Å². The van der Waals surface area contributed by atoms with Crippen molar-refractivity contribution >= 4 is 83.2 Å². The zero-order valence-electron chi connectivity index (χ0n) is 19.0. The average Bonchev–Trinajstić information content (AvgIpc) is 3.38. The van der Waals surface area contributed by atoms with Crippen molar-refractivity contribution in [1.29, 1.82) is 0 Å². The molecule has 4 rings (SSSR count). The molecular weight excluding hydrogens is 644 g/mol. The van der Waals surface area contributed by atoms with Crippen molar-refractivity contribution in [3.05, 3.63) is 93.2 Å². The molecule has 0 unspecified atom stereocenters. The fraction of sp³-hybridized carbons (Fsp3) is 0.0435. The van der Waals surface area contributed by atoms with Crippen molar-refractivity contribution in [3.63, 3.8) is 0 Å². The molecule has 0 atom stereocenters. The molecule has 0 radical (unpaired) electrons. The van der Waals surface area contributed by atoms with Crippen LogP contribution in [0.15, 0.2) is 87.3 Å². The van der Waals surface area contributed by atoms with E-state index in [1.165, 1.54) is 36.4 Å². The molecule has 0 spiro atoms. The quantitative estimate of drug-likeness (QED) is 0.208. The zero-order valence-corrected chi connectivity index (χ0v) is 23.7. The van der Waals surface area contributed by atoms with Gasteiger partial charge in [0.15, 0.2) is 0 Å². The number of thiophene rings is 1. The number of anilines is 3. The number of rotatable bonds is 8.